The zero-order valence-corrected chi connectivity index (χ0v) is 14.1. The van der Waals surface area contributed by atoms with Crippen molar-refractivity contribution in [2.45, 2.75) is 36.7 Å². The van der Waals surface area contributed by atoms with Crippen LogP contribution in [-0.4, -0.2) is 15.2 Å². The summed E-state index contributed by atoms with van der Waals surface area (Å²) in [6.45, 7) is 1.97. The number of aromatic nitrogens is 3. The fourth-order valence-corrected chi connectivity index (χ4v) is 4.45. The number of rotatable bonds is 4. The summed E-state index contributed by atoms with van der Waals surface area (Å²) in [5.41, 5.74) is 3.20. The SMILES string of the molecule is Cc1nc(Cc2nnc(S[C@H]3CCc4ccc(F)cc43)o2)cs1. The highest BCUT2D eigenvalue weighted by Crippen LogP contribution is 2.44. The van der Waals surface area contributed by atoms with Gasteiger partial charge in [-0.3, -0.25) is 0 Å². The van der Waals surface area contributed by atoms with E-state index in [-0.39, 0.29) is 11.1 Å². The summed E-state index contributed by atoms with van der Waals surface area (Å²) in [5, 5.41) is 11.9. The first-order valence-electron chi connectivity index (χ1n) is 7.36. The average Bonchev–Trinajstić information content (AvgIpc) is 3.22. The van der Waals surface area contributed by atoms with E-state index in [0.717, 1.165) is 29.1 Å². The lowest BCUT2D eigenvalue weighted by Crippen LogP contribution is -1.89. The molecule has 118 valence electrons. The number of thioether (sulfide) groups is 1. The Hall–Kier alpha value is -1.73. The predicted molar refractivity (Wildman–Crippen MR) is 87.3 cm³/mol. The Morgan fingerprint density at radius 3 is 3.13 bits per heavy atom. The number of nitrogens with zero attached hydrogens (tertiary/aromatic N) is 3. The van der Waals surface area contributed by atoms with Gasteiger partial charge in [-0.05, 0) is 43.0 Å². The summed E-state index contributed by atoms with van der Waals surface area (Å²) in [6, 6.07) is 5.01. The molecule has 7 heteroatoms. The average molecular weight is 347 g/mol. The number of thiazole rings is 1. The summed E-state index contributed by atoms with van der Waals surface area (Å²) < 4.78 is 19.2. The Balaban J connectivity index is 1.48. The molecule has 1 atom stereocenters. The van der Waals surface area contributed by atoms with Gasteiger partial charge in [-0.2, -0.15) is 0 Å². The van der Waals surface area contributed by atoms with Gasteiger partial charge in [-0.1, -0.05) is 17.8 Å². The largest absolute Gasteiger partial charge is 0.416 e. The summed E-state index contributed by atoms with van der Waals surface area (Å²) in [5.74, 6) is 0.372. The lowest BCUT2D eigenvalue weighted by atomic mass is 10.1. The molecule has 23 heavy (non-hydrogen) atoms. The third-order valence-electron chi connectivity index (χ3n) is 3.82. The van der Waals surface area contributed by atoms with E-state index in [4.69, 9.17) is 4.42 Å². The molecule has 1 aromatic carbocycles. The molecule has 0 N–H and O–H groups in total. The van der Waals surface area contributed by atoms with Crippen LogP contribution in [0.25, 0.3) is 0 Å². The van der Waals surface area contributed by atoms with Gasteiger partial charge in [0.1, 0.15) is 5.82 Å². The molecule has 1 aliphatic rings. The minimum atomic E-state index is -0.193. The maximum absolute atomic E-state index is 13.5. The van der Waals surface area contributed by atoms with Gasteiger partial charge in [0, 0.05) is 10.6 Å². The molecule has 0 fully saturated rings. The van der Waals surface area contributed by atoms with Gasteiger partial charge in [0.15, 0.2) is 0 Å². The van der Waals surface area contributed by atoms with E-state index in [1.54, 1.807) is 17.4 Å². The number of hydrogen-bond donors (Lipinski definition) is 0. The molecule has 3 aromatic rings. The van der Waals surface area contributed by atoms with Crippen molar-refractivity contribution in [2.75, 3.05) is 0 Å². The second-order valence-corrected chi connectivity index (χ2v) is 7.70. The van der Waals surface area contributed by atoms with Crippen molar-refractivity contribution in [1.82, 2.24) is 15.2 Å². The van der Waals surface area contributed by atoms with Gasteiger partial charge < -0.3 is 4.42 Å². The van der Waals surface area contributed by atoms with E-state index >= 15 is 0 Å². The topological polar surface area (TPSA) is 51.8 Å². The smallest absolute Gasteiger partial charge is 0.277 e. The van der Waals surface area contributed by atoms with Crippen LogP contribution >= 0.6 is 23.1 Å². The number of aryl methyl sites for hydroxylation is 2. The maximum Gasteiger partial charge on any atom is 0.277 e. The molecule has 0 radical (unpaired) electrons. The van der Waals surface area contributed by atoms with E-state index in [1.165, 1.54) is 23.4 Å². The van der Waals surface area contributed by atoms with Gasteiger partial charge in [0.2, 0.25) is 5.89 Å². The minimum Gasteiger partial charge on any atom is -0.416 e. The Labute approximate surface area is 141 Å². The molecule has 4 rings (SSSR count). The Bertz CT molecular complexity index is 845. The molecule has 0 amide bonds. The summed E-state index contributed by atoms with van der Waals surface area (Å²) >= 11 is 3.12. The fourth-order valence-electron chi connectivity index (χ4n) is 2.78. The van der Waals surface area contributed by atoms with E-state index in [1.807, 2.05) is 18.4 Å². The van der Waals surface area contributed by atoms with Gasteiger partial charge in [-0.15, -0.1) is 21.5 Å². The third-order valence-corrected chi connectivity index (χ3v) is 5.78. The molecule has 0 bridgehead atoms. The molecule has 0 saturated carbocycles. The van der Waals surface area contributed by atoms with E-state index in [0.29, 0.717) is 17.5 Å². The standard InChI is InChI=1S/C16H14FN3OS2/c1-9-18-12(8-22-9)7-15-19-20-16(21-15)23-14-5-3-10-2-4-11(17)6-13(10)14/h2,4,6,8,14H,3,5,7H2,1H3/t14-/m0/s1. The molecule has 4 nitrogen and oxygen atoms in total. The first-order valence-corrected chi connectivity index (χ1v) is 9.11. The van der Waals surface area contributed by atoms with Crippen molar-refractivity contribution in [3.63, 3.8) is 0 Å². The van der Waals surface area contributed by atoms with Crippen molar-refractivity contribution >= 4 is 23.1 Å². The van der Waals surface area contributed by atoms with Crippen molar-refractivity contribution < 1.29 is 8.81 Å². The van der Waals surface area contributed by atoms with Crippen LogP contribution in [0.2, 0.25) is 0 Å². The molecule has 0 unspecified atom stereocenters. The summed E-state index contributed by atoms with van der Waals surface area (Å²) in [4.78, 5) is 4.40. The summed E-state index contributed by atoms with van der Waals surface area (Å²) in [7, 11) is 0. The molecule has 0 spiro atoms. The monoisotopic (exact) mass is 347 g/mol. The van der Waals surface area contributed by atoms with E-state index in [9.17, 15) is 4.39 Å². The van der Waals surface area contributed by atoms with Crippen molar-refractivity contribution in [2.24, 2.45) is 0 Å². The number of fused-ring (bicyclic) bond motifs is 1. The molecular weight excluding hydrogens is 333 g/mol. The number of halogens is 1. The minimum absolute atomic E-state index is 0.176. The van der Waals surface area contributed by atoms with Crippen molar-refractivity contribution in [3.05, 3.63) is 57.1 Å². The molecular formula is C16H14FN3OS2. The summed E-state index contributed by atoms with van der Waals surface area (Å²) in [6.07, 6.45) is 2.48. The highest BCUT2D eigenvalue weighted by molar-refractivity contribution is 7.99. The zero-order chi connectivity index (χ0) is 15.8. The first-order chi connectivity index (χ1) is 11.2. The van der Waals surface area contributed by atoms with Gasteiger partial charge in [-0.25, -0.2) is 9.37 Å². The van der Waals surface area contributed by atoms with Crippen LogP contribution in [0.5, 0.6) is 0 Å². The highest BCUT2D eigenvalue weighted by atomic mass is 32.2. The second kappa shape index (κ2) is 6.05. The number of benzene rings is 1. The van der Waals surface area contributed by atoms with Gasteiger partial charge in [0.05, 0.1) is 17.1 Å². The third kappa shape index (κ3) is 3.16. The Morgan fingerprint density at radius 2 is 2.30 bits per heavy atom. The van der Waals surface area contributed by atoms with Crippen LogP contribution in [0.3, 0.4) is 0 Å². The molecule has 1 aliphatic carbocycles. The van der Waals surface area contributed by atoms with Crippen LogP contribution in [0, 0.1) is 12.7 Å². The van der Waals surface area contributed by atoms with Crippen molar-refractivity contribution in [1.29, 1.82) is 0 Å². The normalized spacial score (nSPS) is 16.7. The first kappa shape index (κ1) is 14.8. The van der Waals surface area contributed by atoms with Crippen LogP contribution < -0.4 is 0 Å². The van der Waals surface area contributed by atoms with Crippen LogP contribution in [0.15, 0.2) is 33.2 Å². The van der Waals surface area contributed by atoms with Crippen LogP contribution in [0.4, 0.5) is 4.39 Å². The highest BCUT2D eigenvalue weighted by Gasteiger charge is 2.26. The lowest BCUT2D eigenvalue weighted by Gasteiger charge is -2.07. The molecule has 2 aromatic heterocycles. The van der Waals surface area contributed by atoms with Crippen LogP contribution in [0.1, 0.15) is 39.4 Å². The quantitative estimate of drug-likeness (QED) is 0.702. The van der Waals surface area contributed by atoms with Crippen molar-refractivity contribution in [3.8, 4) is 0 Å². The fraction of sp³-hybridized carbons (Fsp3) is 0.312. The molecule has 0 saturated heterocycles. The van der Waals surface area contributed by atoms with Gasteiger partial charge in [0.25, 0.3) is 5.22 Å². The Morgan fingerprint density at radius 1 is 1.39 bits per heavy atom. The van der Waals surface area contributed by atoms with E-state index < -0.39 is 0 Å². The van der Waals surface area contributed by atoms with Crippen LogP contribution in [-0.2, 0) is 12.8 Å². The maximum atomic E-state index is 13.5. The molecule has 0 aliphatic heterocycles. The zero-order valence-electron chi connectivity index (χ0n) is 12.5. The predicted octanol–water partition coefficient (Wildman–Crippen LogP) is 4.34. The van der Waals surface area contributed by atoms with Gasteiger partial charge >= 0.3 is 0 Å². The lowest BCUT2D eigenvalue weighted by molar-refractivity contribution is 0.418. The molecule has 2 heterocycles. The van der Waals surface area contributed by atoms with E-state index in [2.05, 4.69) is 15.2 Å². The second-order valence-electron chi connectivity index (χ2n) is 5.48. The number of hydrogen-bond acceptors (Lipinski definition) is 6. The Kier molecular flexibility index (Phi) is 3.90.